The van der Waals surface area contributed by atoms with Gasteiger partial charge in [-0.25, -0.2) is 0 Å². The number of carbonyl (C=O) groups is 2. The molecule has 7 nitrogen and oxygen atoms in total. The lowest BCUT2D eigenvalue weighted by Crippen LogP contribution is -2.70. The minimum atomic E-state index is -1.31. The summed E-state index contributed by atoms with van der Waals surface area (Å²) < 4.78 is 22.1. The number of hydrogen-bond donors (Lipinski definition) is 1. The van der Waals surface area contributed by atoms with E-state index in [9.17, 15) is 14.7 Å². The van der Waals surface area contributed by atoms with Gasteiger partial charge in [0.25, 0.3) is 0 Å². The molecule has 0 aromatic heterocycles. The van der Waals surface area contributed by atoms with Crippen LogP contribution in [0.5, 0.6) is 0 Å². The lowest BCUT2D eigenvalue weighted by atomic mass is 9.81. The number of aliphatic hydroxyl groups is 1. The fraction of sp³-hybridized carbons (Fsp3) is 0.846. The van der Waals surface area contributed by atoms with Gasteiger partial charge >= 0.3 is 0 Å². The van der Waals surface area contributed by atoms with Gasteiger partial charge in [-0.15, -0.1) is 0 Å². The summed E-state index contributed by atoms with van der Waals surface area (Å²) in [5.74, 6) is -3.69. The highest BCUT2D eigenvalue weighted by Crippen LogP contribution is 2.43. The summed E-state index contributed by atoms with van der Waals surface area (Å²) in [6.45, 7) is 3.19. The van der Waals surface area contributed by atoms with Gasteiger partial charge in [-0.1, -0.05) is 0 Å². The molecule has 7 heteroatoms. The first kappa shape index (κ1) is 15.5. The Morgan fingerprint density at radius 1 is 1.25 bits per heavy atom. The van der Waals surface area contributed by atoms with Crippen LogP contribution < -0.4 is 0 Å². The summed E-state index contributed by atoms with van der Waals surface area (Å²) in [6, 6.07) is 0. The Morgan fingerprint density at radius 2 is 1.80 bits per heavy atom. The fourth-order valence-electron chi connectivity index (χ4n) is 2.65. The predicted octanol–water partition coefficient (Wildman–Crippen LogP) is -0.356. The monoisotopic (exact) mass is 288 g/mol. The smallest absolute Gasteiger partial charge is 0.221 e. The Bertz CT molecular complexity index is 412. The molecule has 2 fully saturated rings. The summed E-state index contributed by atoms with van der Waals surface area (Å²) >= 11 is 0. The Hall–Kier alpha value is -0.860. The molecular weight excluding hydrogens is 268 g/mol. The van der Waals surface area contributed by atoms with E-state index in [1.807, 2.05) is 0 Å². The third-order valence-corrected chi connectivity index (χ3v) is 4.32. The van der Waals surface area contributed by atoms with Gasteiger partial charge < -0.3 is 28.8 Å². The quantitative estimate of drug-likeness (QED) is 0.709. The first-order chi connectivity index (χ1) is 9.31. The lowest BCUT2D eigenvalue weighted by molar-refractivity contribution is -0.450. The van der Waals surface area contributed by atoms with Gasteiger partial charge in [-0.3, -0.25) is 4.79 Å². The Morgan fingerprint density at radius 3 is 2.30 bits per heavy atom. The molecule has 1 aliphatic heterocycles. The second-order valence-corrected chi connectivity index (χ2v) is 5.38. The third-order valence-electron chi connectivity index (χ3n) is 4.32. The number of ketones is 1. The van der Waals surface area contributed by atoms with E-state index >= 15 is 0 Å². The number of rotatable bonds is 3. The van der Waals surface area contributed by atoms with Crippen LogP contribution in [-0.2, 0) is 28.5 Å². The van der Waals surface area contributed by atoms with Crippen LogP contribution in [0.1, 0.15) is 20.3 Å². The van der Waals surface area contributed by atoms with Crippen LogP contribution in [-0.4, -0.2) is 61.3 Å². The van der Waals surface area contributed by atoms with E-state index in [1.165, 1.54) is 14.2 Å². The zero-order chi connectivity index (χ0) is 15.1. The molecule has 1 N–H and O–H groups in total. The van der Waals surface area contributed by atoms with E-state index in [0.717, 1.165) is 0 Å². The van der Waals surface area contributed by atoms with Crippen molar-refractivity contribution in [2.75, 3.05) is 14.2 Å². The first-order valence-corrected chi connectivity index (χ1v) is 6.44. The maximum absolute atomic E-state index is 12.1. The maximum atomic E-state index is 12.1. The van der Waals surface area contributed by atoms with Crippen molar-refractivity contribution in [1.29, 1.82) is 0 Å². The molecule has 1 saturated heterocycles. The lowest BCUT2D eigenvalue weighted by Gasteiger charge is -2.54. The van der Waals surface area contributed by atoms with Crippen molar-refractivity contribution in [2.24, 2.45) is 5.92 Å². The highest BCUT2D eigenvalue weighted by Gasteiger charge is 2.61. The molecule has 1 unspecified atom stereocenters. The zero-order valence-electron chi connectivity index (χ0n) is 12.0. The molecule has 2 aliphatic rings. The van der Waals surface area contributed by atoms with Crippen molar-refractivity contribution in [3.63, 3.8) is 0 Å². The molecule has 0 aromatic rings. The van der Waals surface area contributed by atoms with E-state index in [4.69, 9.17) is 18.9 Å². The van der Waals surface area contributed by atoms with E-state index in [-0.39, 0.29) is 12.2 Å². The third kappa shape index (κ3) is 2.10. The number of aliphatic hydroxyl groups excluding tert-OH is 1. The number of aldehydes is 1. The number of carbonyl (C=O) groups excluding carboxylic acids is 2. The Balaban J connectivity index is 2.35. The molecule has 0 radical (unpaired) electrons. The van der Waals surface area contributed by atoms with E-state index in [1.54, 1.807) is 13.8 Å². The molecule has 20 heavy (non-hydrogen) atoms. The van der Waals surface area contributed by atoms with Gasteiger partial charge in [0.05, 0.1) is 12.0 Å². The second kappa shape index (κ2) is 5.16. The molecule has 114 valence electrons. The summed E-state index contributed by atoms with van der Waals surface area (Å²) in [7, 11) is 2.83. The second-order valence-electron chi connectivity index (χ2n) is 5.38. The van der Waals surface area contributed by atoms with Gasteiger partial charge in [0.15, 0.2) is 5.78 Å². The SMILES string of the molecule is CO[C@]1(C)O[C@H]2[C@H](O)C(C=O)CC(=O)[C@@H]2O[C@@]1(C)OC. The Labute approximate surface area is 117 Å². The van der Waals surface area contributed by atoms with Crippen molar-refractivity contribution in [3.05, 3.63) is 0 Å². The van der Waals surface area contributed by atoms with Crippen LogP contribution in [0.25, 0.3) is 0 Å². The maximum Gasteiger partial charge on any atom is 0.221 e. The molecule has 1 saturated carbocycles. The van der Waals surface area contributed by atoms with Crippen molar-refractivity contribution in [2.45, 2.75) is 50.2 Å². The van der Waals surface area contributed by atoms with Crippen molar-refractivity contribution < 1.29 is 33.6 Å². The molecule has 0 bridgehead atoms. The first-order valence-electron chi connectivity index (χ1n) is 6.44. The summed E-state index contributed by atoms with van der Waals surface area (Å²) in [5, 5.41) is 10.2. The summed E-state index contributed by atoms with van der Waals surface area (Å²) in [6.07, 6.45) is -2.56. The average Bonchev–Trinajstić information content (AvgIpc) is 2.45. The highest BCUT2D eigenvalue weighted by atomic mass is 16.8. The zero-order valence-corrected chi connectivity index (χ0v) is 12.0. The standard InChI is InChI=1S/C13H20O7/c1-12(17-3)13(2,18-4)20-11-9(16)7(6-14)5-8(15)10(11)19-12/h6-7,9-11,16H,5H2,1-4H3/t7?,9-,10+,11+,12-,13-/m1/s1. The van der Waals surface area contributed by atoms with Crippen LogP contribution in [0.4, 0.5) is 0 Å². The van der Waals surface area contributed by atoms with Crippen LogP contribution in [0.3, 0.4) is 0 Å². The topological polar surface area (TPSA) is 91.3 Å². The minimum Gasteiger partial charge on any atom is -0.390 e. The molecule has 1 heterocycles. The number of hydrogen-bond acceptors (Lipinski definition) is 7. The van der Waals surface area contributed by atoms with Crippen LogP contribution in [0.15, 0.2) is 0 Å². The number of ether oxygens (including phenoxy) is 4. The number of methoxy groups -OCH3 is 2. The molecule has 1 aliphatic carbocycles. The normalized spacial score (nSPS) is 48.8. The van der Waals surface area contributed by atoms with E-state index in [0.29, 0.717) is 6.29 Å². The van der Waals surface area contributed by atoms with Crippen LogP contribution in [0, 0.1) is 5.92 Å². The van der Waals surface area contributed by atoms with Crippen LogP contribution in [0.2, 0.25) is 0 Å². The summed E-state index contributed by atoms with van der Waals surface area (Å²) in [5.41, 5.74) is 0. The van der Waals surface area contributed by atoms with Crippen molar-refractivity contribution in [3.8, 4) is 0 Å². The average molecular weight is 288 g/mol. The molecule has 0 aromatic carbocycles. The molecule has 0 spiro atoms. The van der Waals surface area contributed by atoms with Gasteiger partial charge in [0, 0.05) is 20.6 Å². The molecule has 0 amide bonds. The number of Topliss-reactive ketones (excluding diaryl/α,β-unsaturated/α-hetero) is 1. The molecule has 2 rings (SSSR count). The largest absolute Gasteiger partial charge is 0.390 e. The highest BCUT2D eigenvalue weighted by molar-refractivity contribution is 5.87. The predicted molar refractivity (Wildman–Crippen MR) is 65.8 cm³/mol. The fourth-order valence-corrected chi connectivity index (χ4v) is 2.65. The van der Waals surface area contributed by atoms with Gasteiger partial charge in [0.2, 0.25) is 11.6 Å². The van der Waals surface area contributed by atoms with E-state index < -0.39 is 35.8 Å². The van der Waals surface area contributed by atoms with Crippen LogP contribution >= 0.6 is 0 Å². The van der Waals surface area contributed by atoms with E-state index in [2.05, 4.69) is 0 Å². The molecular formula is C13H20O7. The van der Waals surface area contributed by atoms with Gasteiger partial charge in [-0.05, 0) is 13.8 Å². The summed E-state index contributed by atoms with van der Waals surface area (Å²) in [4.78, 5) is 23.0. The minimum absolute atomic E-state index is 0.0707. The van der Waals surface area contributed by atoms with Crippen molar-refractivity contribution >= 4 is 12.1 Å². The van der Waals surface area contributed by atoms with Crippen molar-refractivity contribution in [1.82, 2.24) is 0 Å². The number of fused-ring (bicyclic) bond motifs is 1. The van der Waals surface area contributed by atoms with Gasteiger partial charge in [-0.2, -0.15) is 0 Å². The molecule has 6 atom stereocenters. The van der Waals surface area contributed by atoms with Gasteiger partial charge in [0.1, 0.15) is 18.5 Å². The Kier molecular flexibility index (Phi) is 4.01.